The van der Waals surface area contributed by atoms with Crippen molar-refractivity contribution in [2.75, 3.05) is 7.05 Å². The first-order valence-electron chi connectivity index (χ1n) is 5.54. The molecule has 0 saturated heterocycles. The van der Waals surface area contributed by atoms with Gasteiger partial charge in [-0.05, 0) is 26.3 Å². The zero-order valence-corrected chi connectivity index (χ0v) is 8.90. The van der Waals surface area contributed by atoms with E-state index >= 15 is 0 Å². The smallest absolute Gasteiger partial charge is 0.0144 e. The highest BCUT2D eigenvalue weighted by molar-refractivity contribution is 5.84. The van der Waals surface area contributed by atoms with Crippen LogP contribution >= 0.6 is 0 Å². The second-order valence-electron chi connectivity index (χ2n) is 4.06. The van der Waals surface area contributed by atoms with Crippen LogP contribution in [0.25, 0.3) is 0 Å². The minimum absolute atomic E-state index is 0.527. The molecule has 0 radical (unpaired) electrons. The summed E-state index contributed by atoms with van der Waals surface area (Å²) >= 11 is 0. The normalized spacial score (nSPS) is 28.8. The molecule has 2 nitrogen and oxygen atoms in total. The van der Waals surface area contributed by atoms with Crippen LogP contribution in [0.3, 0.4) is 0 Å². The third kappa shape index (κ3) is 2.80. The molecule has 1 aliphatic carbocycles. The van der Waals surface area contributed by atoms with Gasteiger partial charge in [0, 0.05) is 17.7 Å². The molecule has 13 heavy (non-hydrogen) atoms. The Balaban J connectivity index is 2.48. The fourth-order valence-electron chi connectivity index (χ4n) is 2.35. The molecule has 1 saturated carbocycles. The number of rotatable bonds is 4. The molecule has 2 atom stereocenters. The van der Waals surface area contributed by atoms with Gasteiger partial charge in [0.05, 0.1) is 0 Å². The maximum absolute atomic E-state index is 7.98. The van der Waals surface area contributed by atoms with E-state index in [0.29, 0.717) is 12.0 Å². The molecule has 2 heteroatoms. The molecular weight excluding hydrogens is 160 g/mol. The first kappa shape index (κ1) is 10.7. The largest absolute Gasteiger partial charge is 0.316 e. The van der Waals surface area contributed by atoms with Crippen LogP contribution in [-0.4, -0.2) is 18.8 Å². The van der Waals surface area contributed by atoms with Crippen molar-refractivity contribution in [3.8, 4) is 0 Å². The van der Waals surface area contributed by atoms with E-state index in [1.54, 1.807) is 0 Å². The minimum Gasteiger partial charge on any atom is -0.316 e. The molecule has 0 aromatic carbocycles. The van der Waals surface area contributed by atoms with E-state index in [0.717, 1.165) is 18.6 Å². The van der Waals surface area contributed by atoms with Gasteiger partial charge in [0.15, 0.2) is 0 Å². The molecule has 0 aromatic rings. The summed E-state index contributed by atoms with van der Waals surface area (Å²) in [7, 11) is 2.03. The highest BCUT2D eigenvalue weighted by atomic mass is 14.9. The number of hydrogen-bond donors (Lipinski definition) is 2. The lowest BCUT2D eigenvalue weighted by atomic mass is 9.80. The molecule has 2 N–H and O–H groups in total. The Morgan fingerprint density at radius 1 is 1.38 bits per heavy atom. The first-order chi connectivity index (χ1) is 6.29. The summed E-state index contributed by atoms with van der Waals surface area (Å²) in [6, 6.07) is 0.577. The van der Waals surface area contributed by atoms with E-state index in [2.05, 4.69) is 12.2 Å². The van der Waals surface area contributed by atoms with Crippen LogP contribution in [0.5, 0.6) is 0 Å². The van der Waals surface area contributed by atoms with Gasteiger partial charge in [-0.2, -0.15) is 0 Å². The predicted molar refractivity (Wildman–Crippen MR) is 57.4 cm³/mol. The lowest BCUT2D eigenvalue weighted by Gasteiger charge is -2.31. The Morgan fingerprint density at radius 2 is 2.08 bits per heavy atom. The molecule has 2 unspecified atom stereocenters. The Bertz CT molecular complexity index is 165. The van der Waals surface area contributed by atoms with Crippen LogP contribution in [0.1, 0.15) is 45.4 Å². The quantitative estimate of drug-likeness (QED) is 0.644. The van der Waals surface area contributed by atoms with Gasteiger partial charge in [-0.1, -0.05) is 26.2 Å². The van der Waals surface area contributed by atoms with Crippen LogP contribution in [0, 0.1) is 11.3 Å². The topological polar surface area (TPSA) is 35.9 Å². The molecule has 1 rings (SSSR count). The molecule has 0 aliphatic heterocycles. The van der Waals surface area contributed by atoms with E-state index in [-0.39, 0.29) is 0 Å². The van der Waals surface area contributed by atoms with Crippen LogP contribution in [0.15, 0.2) is 0 Å². The average Bonchev–Trinajstić information content (AvgIpc) is 2.18. The zero-order valence-electron chi connectivity index (χ0n) is 8.90. The number of hydrogen-bond acceptors (Lipinski definition) is 2. The lowest BCUT2D eigenvalue weighted by molar-refractivity contribution is 0.335. The van der Waals surface area contributed by atoms with Crippen LogP contribution in [0.4, 0.5) is 0 Å². The van der Waals surface area contributed by atoms with Crippen molar-refractivity contribution in [3.63, 3.8) is 0 Å². The first-order valence-corrected chi connectivity index (χ1v) is 5.54. The third-order valence-electron chi connectivity index (χ3n) is 3.10. The van der Waals surface area contributed by atoms with Crippen molar-refractivity contribution in [2.24, 2.45) is 5.92 Å². The fourth-order valence-corrected chi connectivity index (χ4v) is 2.35. The molecule has 0 bridgehead atoms. The van der Waals surface area contributed by atoms with Crippen molar-refractivity contribution >= 4 is 5.71 Å². The lowest BCUT2D eigenvalue weighted by Crippen LogP contribution is -2.40. The minimum atomic E-state index is 0.527. The van der Waals surface area contributed by atoms with E-state index < -0.39 is 0 Å². The molecule has 76 valence electrons. The average molecular weight is 182 g/mol. The molecule has 0 heterocycles. The van der Waals surface area contributed by atoms with Gasteiger partial charge < -0.3 is 10.7 Å². The van der Waals surface area contributed by atoms with Crippen LogP contribution in [0.2, 0.25) is 0 Å². The highest BCUT2D eigenvalue weighted by Gasteiger charge is 2.26. The van der Waals surface area contributed by atoms with Gasteiger partial charge in [-0.25, -0.2) is 0 Å². The Labute approximate surface area is 81.6 Å². The molecule has 1 fully saturated rings. The van der Waals surface area contributed by atoms with Crippen molar-refractivity contribution in [2.45, 2.75) is 51.5 Å². The van der Waals surface area contributed by atoms with E-state index in [1.807, 2.05) is 7.05 Å². The van der Waals surface area contributed by atoms with Crippen molar-refractivity contribution in [1.29, 1.82) is 5.41 Å². The number of nitrogens with one attached hydrogen (secondary N) is 2. The van der Waals surface area contributed by atoms with Crippen molar-refractivity contribution < 1.29 is 0 Å². The van der Waals surface area contributed by atoms with Gasteiger partial charge in [0.2, 0.25) is 0 Å². The summed E-state index contributed by atoms with van der Waals surface area (Å²) in [5.74, 6) is 0.527. The van der Waals surface area contributed by atoms with Gasteiger partial charge in [0.1, 0.15) is 0 Å². The van der Waals surface area contributed by atoms with Crippen LogP contribution < -0.4 is 5.32 Å². The molecule has 0 amide bonds. The van der Waals surface area contributed by atoms with Gasteiger partial charge in [0.25, 0.3) is 0 Å². The Kier molecular flexibility index (Phi) is 4.43. The highest BCUT2D eigenvalue weighted by Crippen LogP contribution is 2.26. The SMILES string of the molecule is CCCC(=N)C1CCCCC1NC. The maximum atomic E-state index is 7.98. The second kappa shape index (κ2) is 5.38. The third-order valence-corrected chi connectivity index (χ3v) is 3.10. The molecule has 1 aliphatic rings. The molecule has 0 spiro atoms. The van der Waals surface area contributed by atoms with Gasteiger partial charge >= 0.3 is 0 Å². The second-order valence-corrected chi connectivity index (χ2v) is 4.06. The maximum Gasteiger partial charge on any atom is 0.0144 e. The van der Waals surface area contributed by atoms with E-state index in [4.69, 9.17) is 5.41 Å². The van der Waals surface area contributed by atoms with E-state index in [9.17, 15) is 0 Å². The molecule has 0 aromatic heterocycles. The van der Waals surface area contributed by atoms with Crippen molar-refractivity contribution in [3.05, 3.63) is 0 Å². The standard InChI is InChI=1S/C11H22N2/c1-3-6-10(12)9-7-4-5-8-11(9)13-2/h9,11-13H,3-8H2,1-2H3. The summed E-state index contributed by atoms with van der Waals surface area (Å²) in [6.45, 7) is 2.16. The Morgan fingerprint density at radius 3 is 2.69 bits per heavy atom. The van der Waals surface area contributed by atoms with Crippen LogP contribution in [-0.2, 0) is 0 Å². The van der Waals surface area contributed by atoms with Gasteiger partial charge in [-0.15, -0.1) is 0 Å². The van der Waals surface area contributed by atoms with Crippen molar-refractivity contribution in [1.82, 2.24) is 5.32 Å². The summed E-state index contributed by atoms with van der Waals surface area (Å²) in [4.78, 5) is 0. The summed E-state index contributed by atoms with van der Waals surface area (Å²) in [5.41, 5.74) is 0.974. The molecular formula is C11H22N2. The fraction of sp³-hybridized carbons (Fsp3) is 0.909. The van der Waals surface area contributed by atoms with Gasteiger partial charge in [-0.3, -0.25) is 0 Å². The predicted octanol–water partition coefficient (Wildman–Crippen LogP) is 2.58. The Hall–Kier alpha value is -0.370. The van der Waals surface area contributed by atoms with E-state index in [1.165, 1.54) is 25.7 Å². The monoisotopic (exact) mass is 182 g/mol. The summed E-state index contributed by atoms with van der Waals surface area (Å²) in [5, 5.41) is 11.3. The summed E-state index contributed by atoms with van der Waals surface area (Å²) in [6.07, 6.45) is 7.24. The zero-order chi connectivity index (χ0) is 9.68. The summed E-state index contributed by atoms with van der Waals surface area (Å²) < 4.78 is 0.